The van der Waals surface area contributed by atoms with Crippen LogP contribution in [0.1, 0.15) is 34.3 Å². The molecule has 0 unspecified atom stereocenters. The van der Waals surface area contributed by atoms with Gasteiger partial charge in [0, 0.05) is 30.3 Å². The van der Waals surface area contributed by atoms with E-state index in [9.17, 15) is 14.0 Å². The minimum Gasteiger partial charge on any atom is -0.339 e. The molecule has 0 saturated carbocycles. The number of carbonyl (C=O) groups excluding carboxylic acids is 2. The molecule has 2 aromatic rings. The summed E-state index contributed by atoms with van der Waals surface area (Å²) in [5.41, 5.74) is 3.00. The van der Waals surface area contributed by atoms with Crippen LogP contribution in [0.2, 0.25) is 0 Å². The smallest absolute Gasteiger partial charge is 0.254 e. The molecule has 5 heteroatoms. The Morgan fingerprint density at radius 2 is 1.73 bits per heavy atom. The second-order valence-electron chi connectivity index (χ2n) is 6.83. The van der Waals surface area contributed by atoms with Gasteiger partial charge in [-0.25, -0.2) is 4.39 Å². The minimum absolute atomic E-state index is 0.0166. The van der Waals surface area contributed by atoms with Gasteiger partial charge in [0.25, 0.3) is 5.91 Å². The van der Waals surface area contributed by atoms with Crippen molar-refractivity contribution in [2.75, 3.05) is 18.4 Å². The molecule has 1 aliphatic rings. The van der Waals surface area contributed by atoms with Crippen LogP contribution in [0.25, 0.3) is 0 Å². The second-order valence-corrected chi connectivity index (χ2v) is 6.83. The highest BCUT2D eigenvalue weighted by Crippen LogP contribution is 2.23. The third-order valence-electron chi connectivity index (χ3n) is 4.99. The monoisotopic (exact) mass is 354 g/mol. The van der Waals surface area contributed by atoms with Crippen LogP contribution in [0.15, 0.2) is 42.5 Å². The maximum Gasteiger partial charge on any atom is 0.254 e. The van der Waals surface area contributed by atoms with E-state index in [2.05, 4.69) is 5.32 Å². The fourth-order valence-corrected chi connectivity index (χ4v) is 3.29. The molecule has 1 aliphatic heterocycles. The second kappa shape index (κ2) is 7.68. The fraction of sp³-hybridized carbons (Fsp3) is 0.333. The quantitative estimate of drug-likeness (QED) is 0.908. The highest BCUT2D eigenvalue weighted by Gasteiger charge is 2.28. The van der Waals surface area contributed by atoms with E-state index in [1.165, 1.54) is 12.1 Å². The molecule has 1 fully saturated rings. The summed E-state index contributed by atoms with van der Waals surface area (Å²) in [6.07, 6.45) is 1.22. The zero-order valence-electron chi connectivity index (χ0n) is 15.1. The lowest BCUT2D eigenvalue weighted by atomic mass is 9.94. The molecule has 1 saturated heterocycles. The summed E-state index contributed by atoms with van der Waals surface area (Å²) in [5, 5.41) is 2.82. The van der Waals surface area contributed by atoms with Crippen molar-refractivity contribution >= 4 is 17.5 Å². The molecule has 26 heavy (non-hydrogen) atoms. The summed E-state index contributed by atoms with van der Waals surface area (Å²) in [5.74, 6) is -0.632. The van der Waals surface area contributed by atoms with Crippen molar-refractivity contribution in [2.45, 2.75) is 26.7 Å². The average molecular weight is 354 g/mol. The molecule has 2 aromatic carbocycles. The Hall–Kier alpha value is -2.69. The predicted octanol–water partition coefficient (Wildman–Crippen LogP) is 3.93. The molecule has 4 nitrogen and oxygen atoms in total. The summed E-state index contributed by atoms with van der Waals surface area (Å²) in [6, 6.07) is 11.9. The van der Waals surface area contributed by atoms with Crippen molar-refractivity contribution < 1.29 is 14.0 Å². The highest BCUT2D eigenvalue weighted by atomic mass is 19.1. The van der Waals surface area contributed by atoms with Crippen LogP contribution in [0.3, 0.4) is 0 Å². The fourth-order valence-electron chi connectivity index (χ4n) is 3.29. The molecule has 0 bridgehead atoms. The van der Waals surface area contributed by atoms with E-state index in [0.717, 1.165) is 11.1 Å². The highest BCUT2D eigenvalue weighted by molar-refractivity contribution is 5.96. The van der Waals surface area contributed by atoms with Crippen LogP contribution < -0.4 is 5.32 Å². The van der Waals surface area contributed by atoms with Crippen LogP contribution >= 0.6 is 0 Å². The Morgan fingerprint density at radius 3 is 2.42 bits per heavy atom. The molecule has 136 valence electrons. The molecule has 0 spiro atoms. The van der Waals surface area contributed by atoms with E-state index >= 15 is 0 Å². The summed E-state index contributed by atoms with van der Waals surface area (Å²) >= 11 is 0. The van der Waals surface area contributed by atoms with Crippen LogP contribution in [0, 0.1) is 25.6 Å². The molecule has 1 N–H and O–H groups in total. The van der Waals surface area contributed by atoms with E-state index in [0.29, 0.717) is 37.2 Å². The maximum atomic E-state index is 13.4. The number of halogens is 1. The Kier molecular flexibility index (Phi) is 5.35. The number of nitrogens with zero attached hydrogens (tertiary/aromatic N) is 1. The van der Waals surface area contributed by atoms with E-state index in [-0.39, 0.29) is 23.5 Å². The zero-order valence-corrected chi connectivity index (χ0v) is 15.1. The van der Waals surface area contributed by atoms with Crippen LogP contribution in [-0.2, 0) is 4.79 Å². The van der Waals surface area contributed by atoms with Gasteiger partial charge in [0.15, 0.2) is 0 Å². The van der Waals surface area contributed by atoms with Crippen LogP contribution in [0.5, 0.6) is 0 Å². The lowest BCUT2D eigenvalue weighted by molar-refractivity contribution is -0.121. The molecule has 0 aliphatic carbocycles. The van der Waals surface area contributed by atoms with Gasteiger partial charge in [-0.2, -0.15) is 0 Å². The third-order valence-corrected chi connectivity index (χ3v) is 4.99. The average Bonchev–Trinajstić information content (AvgIpc) is 2.64. The van der Waals surface area contributed by atoms with Gasteiger partial charge in [-0.05, 0) is 56.0 Å². The largest absolute Gasteiger partial charge is 0.339 e. The Labute approximate surface area is 153 Å². The van der Waals surface area contributed by atoms with Crippen molar-refractivity contribution in [1.82, 2.24) is 4.90 Å². The van der Waals surface area contributed by atoms with Gasteiger partial charge in [-0.15, -0.1) is 0 Å². The topological polar surface area (TPSA) is 49.4 Å². The number of carbonyl (C=O) groups is 2. The number of rotatable bonds is 3. The Morgan fingerprint density at radius 1 is 1.04 bits per heavy atom. The SMILES string of the molecule is Cc1ccc(F)cc1NC(=O)C1CCN(C(=O)c2ccccc2C)CC1. The van der Waals surface area contributed by atoms with Gasteiger partial charge in [0.2, 0.25) is 5.91 Å². The van der Waals surface area contributed by atoms with Gasteiger partial charge in [0.1, 0.15) is 5.82 Å². The summed E-state index contributed by atoms with van der Waals surface area (Å²) in [7, 11) is 0. The summed E-state index contributed by atoms with van der Waals surface area (Å²) in [6.45, 7) is 4.86. The molecule has 1 heterocycles. The van der Waals surface area contributed by atoms with Gasteiger partial charge in [-0.1, -0.05) is 24.3 Å². The van der Waals surface area contributed by atoms with Gasteiger partial charge in [-0.3, -0.25) is 9.59 Å². The first-order valence-electron chi connectivity index (χ1n) is 8.87. The van der Waals surface area contributed by atoms with Crippen molar-refractivity contribution in [3.63, 3.8) is 0 Å². The molecule has 0 atom stereocenters. The number of anilines is 1. The van der Waals surface area contributed by atoms with Crippen molar-refractivity contribution in [3.05, 3.63) is 65.0 Å². The lowest BCUT2D eigenvalue weighted by Crippen LogP contribution is -2.41. The van der Waals surface area contributed by atoms with Gasteiger partial charge in [0.05, 0.1) is 0 Å². The lowest BCUT2D eigenvalue weighted by Gasteiger charge is -2.31. The number of hydrogen-bond donors (Lipinski definition) is 1. The van der Waals surface area contributed by atoms with Gasteiger partial charge < -0.3 is 10.2 Å². The Bertz CT molecular complexity index is 827. The van der Waals surface area contributed by atoms with Crippen molar-refractivity contribution in [2.24, 2.45) is 5.92 Å². The molecule has 0 aromatic heterocycles. The summed E-state index contributed by atoms with van der Waals surface area (Å²) < 4.78 is 13.4. The number of aryl methyl sites for hydroxylation is 2. The van der Waals surface area contributed by atoms with E-state index < -0.39 is 0 Å². The number of hydrogen-bond acceptors (Lipinski definition) is 2. The minimum atomic E-state index is -0.371. The molecule has 2 amide bonds. The predicted molar refractivity (Wildman–Crippen MR) is 99.6 cm³/mol. The first-order valence-corrected chi connectivity index (χ1v) is 8.87. The van der Waals surface area contributed by atoms with Crippen molar-refractivity contribution in [1.29, 1.82) is 0 Å². The van der Waals surface area contributed by atoms with Gasteiger partial charge >= 0.3 is 0 Å². The van der Waals surface area contributed by atoms with Crippen LogP contribution in [0.4, 0.5) is 10.1 Å². The Balaban J connectivity index is 1.60. The van der Waals surface area contributed by atoms with E-state index in [1.807, 2.05) is 38.1 Å². The molecule has 0 radical (unpaired) electrons. The third kappa shape index (κ3) is 3.93. The molecule has 3 rings (SSSR count). The first kappa shape index (κ1) is 18.1. The zero-order chi connectivity index (χ0) is 18.7. The van der Waals surface area contributed by atoms with Crippen LogP contribution in [-0.4, -0.2) is 29.8 Å². The number of amides is 2. The standard InChI is InChI=1S/C21H23FN2O2/c1-14-5-3-4-6-18(14)21(26)24-11-9-16(10-12-24)20(25)23-19-13-17(22)8-7-15(19)2/h3-8,13,16H,9-12H2,1-2H3,(H,23,25). The van der Waals surface area contributed by atoms with E-state index in [1.54, 1.807) is 11.0 Å². The maximum absolute atomic E-state index is 13.4. The van der Waals surface area contributed by atoms with E-state index in [4.69, 9.17) is 0 Å². The molecular formula is C21H23FN2O2. The first-order chi connectivity index (χ1) is 12.5. The number of benzene rings is 2. The molecular weight excluding hydrogens is 331 g/mol. The number of nitrogens with one attached hydrogen (secondary N) is 1. The normalized spacial score (nSPS) is 15.0. The summed E-state index contributed by atoms with van der Waals surface area (Å²) in [4.78, 5) is 27.0. The number of likely N-dealkylation sites (tertiary alicyclic amines) is 1. The number of piperidine rings is 1. The van der Waals surface area contributed by atoms with Crippen molar-refractivity contribution in [3.8, 4) is 0 Å².